The van der Waals surface area contributed by atoms with Gasteiger partial charge in [-0.2, -0.15) is 27.8 Å². The highest BCUT2D eigenvalue weighted by atomic mass is 35.5. The molecule has 3 N–H and O–H groups in total. The largest absolute Gasteiger partial charge is 0.416 e. The molecule has 1 saturated heterocycles. The van der Waals surface area contributed by atoms with Crippen molar-refractivity contribution in [2.24, 2.45) is 0 Å². The number of anilines is 1. The van der Waals surface area contributed by atoms with Gasteiger partial charge in [0, 0.05) is 44.2 Å². The van der Waals surface area contributed by atoms with E-state index in [1.54, 1.807) is 28.9 Å². The molecular formula is C32H31ClF3N9O5. The SMILES string of the molecule is CC(=O)N1CC=C(c2nc3n(CC(=O)Nc4ccc(C(F)(F)F)cc4Cl)c4c(c(=O)n3n2)C2(CCN(C(=O)c3cc(C)[nH]n3)CC2)C4O)CC1. The fraction of sp³-hybridized carbons (Fsp3) is 0.406. The molecule has 1 spiro atoms. The highest BCUT2D eigenvalue weighted by Gasteiger charge is 2.57. The number of benzene rings is 1. The molecule has 14 nitrogen and oxygen atoms in total. The van der Waals surface area contributed by atoms with Gasteiger partial charge in [-0.15, -0.1) is 5.10 Å². The zero-order valence-electron chi connectivity index (χ0n) is 26.8. The Labute approximate surface area is 286 Å². The zero-order valence-corrected chi connectivity index (χ0v) is 27.6. The monoisotopic (exact) mass is 713 g/mol. The maximum atomic E-state index is 14.1. The second-order valence-electron chi connectivity index (χ2n) is 12.8. The van der Waals surface area contributed by atoms with Gasteiger partial charge in [-0.3, -0.25) is 24.3 Å². The number of fused-ring (bicyclic) bond motifs is 3. The van der Waals surface area contributed by atoms with E-state index in [0.717, 1.165) is 22.3 Å². The molecule has 1 aromatic carbocycles. The lowest BCUT2D eigenvalue weighted by Crippen LogP contribution is -2.58. The minimum Gasteiger partial charge on any atom is -0.386 e. The molecule has 4 aromatic rings. The Morgan fingerprint density at radius 2 is 1.88 bits per heavy atom. The lowest BCUT2D eigenvalue weighted by atomic mass is 9.59. The molecule has 3 amide bonds. The molecule has 5 heterocycles. The van der Waals surface area contributed by atoms with Crippen molar-refractivity contribution in [2.45, 2.75) is 57.3 Å². The fourth-order valence-electron chi connectivity index (χ4n) is 7.04. The van der Waals surface area contributed by atoms with Gasteiger partial charge >= 0.3 is 6.18 Å². The van der Waals surface area contributed by atoms with Crippen LogP contribution in [0.1, 0.15) is 71.1 Å². The predicted molar refractivity (Wildman–Crippen MR) is 172 cm³/mol. The first kappa shape index (κ1) is 33.5. The summed E-state index contributed by atoms with van der Waals surface area (Å²) in [5, 5.41) is 25.2. The van der Waals surface area contributed by atoms with Gasteiger partial charge in [-0.1, -0.05) is 17.7 Å². The van der Waals surface area contributed by atoms with Crippen LogP contribution < -0.4 is 10.9 Å². The number of nitrogens with one attached hydrogen (secondary N) is 2. The molecule has 0 bridgehead atoms. The Morgan fingerprint density at radius 1 is 1.14 bits per heavy atom. The van der Waals surface area contributed by atoms with E-state index in [1.165, 1.54) is 11.5 Å². The second-order valence-corrected chi connectivity index (χ2v) is 13.2. The van der Waals surface area contributed by atoms with Crippen LogP contribution in [0, 0.1) is 6.92 Å². The molecule has 2 aliphatic heterocycles. The van der Waals surface area contributed by atoms with Gasteiger partial charge in [0.1, 0.15) is 18.3 Å². The van der Waals surface area contributed by atoms with E-state index in [2.05, 4.69) is 25.6 Å². The van der Waals surface area contributed by atoms with Gasteiger partial charge in [0.2, 0.25) is 17.6 Å². The van der Waals surface area contributed by atoms with E-state index < -0.39 is 41.3 Å². The minimum absolute atomic E-state index is 0.0253. The number of H-pyrrole nitrogens is 1. The Kier molecular flexibility index (Phi) is 8.09. The number of rotatable bonds is 5. The number of carbonyl (C=O) groups excluding carboxylic acids is 3. The summed E-state index contributed by atoms with van der Waals surface area (Å²) in [5.74, 6) is -0.888. The molecule has 50 heavy (non-hydrogen) atoms. The molecule has 3 aromatic heterocycles. The Bertz CT molecular complexity index is 2160. The van der Waals surface area contributed by atoms with Crippen LogP contribution in [-0.4, -0.2) is 88.2 Å². The smallest absolute Gasteiger partial charge is 0.386 e. The third kappa shape index (κ3) is 5.53. The molecule has 262 valence electrons. The van der Waals surface area contributed by atoms with Gasteiger partial charge in [-0.05, 0) is 56.0 Å². The summed E-state index contributed by atoms with van der Waals surface area (Å²) in [4.78, 5) is 60.4. The number of hydrogen-bond acceptors (Lipinski definition) is 8. The number of halogens is 4. The second kappa shape index (κ2) is 12.1. The number of aromatic nitrogens is 6. The van der Waals surface area contributed by atoms with Crippen molar-refractivity contribution in [3.05, 3.63) is 79.8 Å². The van der Waals surface area contributed by atoms with E-state index >= 15 is 0 Å². The van der Waals surface area contributed by atoms with Gasteiger partial charge < -0.3 is 24.8 Å². The summed E-state index contributed by atoms with van der Waals surface area (Å²) in [7, 11) is 0. The summed E-state index contributed by atoms with van der Waals surface area (Å²) in [6.07, 6.45) is -3.13. The van der Waals surface area contributed by atoms with Crippen molar-refractivity contribution in [3.8, 4) is 0 Å². The highest BCUT2D eigenvalue weighted by Crippen LogP contribution is 2.54. The summed E-state index contributed by atoms with van der Waals surface area (Å²) in [6, 6.07) is 4.18. The Morgan fingerprint density at radius 3 is 2.48 bits per heavy atom. The first-order valence-electron chi connectivity index (χ1n) is 15.8. The van der Waals surface area contributed by atoms with E-state index in [1.807, 2.05) is 0 Å². The van der Waals surface area contributed by atoms with Crippen molar-refractivity contribution < 1.29 is 32.7 Å². The highest BCUT2D eigenvalue weighted by molar-refractivity contribution is 6.33. The van der Waals surface area contributed by atoms with Gasteiger partial charge in [0.25, 0.3) is 11.5 Å². The number of carbonyl (C=O) groups is 3. The Balaban J connectivity index is 1.24. The number of aliphatic hydroxyl groups excluding tert-OH is 1. The molecular weight excluding hydrogens is 683 g/mol. The number of amides is 3. The van der Waals surface area contributed by atoms with Crippen LogP contribution in [0.25, 0.3) is 11.4 Å². The van der Waals surface area contributed by atoms with Crippen molar-refractivity contribution in [3.63, 3.8) is 0 Å². The number of hydrogen-bond donors (Lipinski definition) is 3. The molecule has 0 saturated carbocycles. The molecule has 18 heteroatoms. The first-order valence-corrected chi connectivity index (χ1v) is 16.2. The van der Waals surface area contributed by atoms with E-state index in [9.17, 15) is 37.5 Å². The van der Waals surface area contributed by atoms with Crippen LogP contribution in [0.3, 0.4) is 0 Å². The average molecular weight is 714 g/mol. The third-order valence-corrected chi connectivity index (χ3v) is 10.1. The van der Waals surface area contributed by atoms with E-state index in [-0.39, 0.29) is 77.0 Å². The van der Waals surface area contributed by atoms with E-state index in [0.29, 0.717) is 31.1 Å². The lowest BCUT2D eigenvalue weighted by molar-refractivity contribution is -0.137. The summed E-state index contributed by atoms with van der Waals surface area (Å²) >= 11 is 6.09. The molecule has 1 unspecified atom stereocenters. The first-order chi connectivity index (χ1) is 23.7. The van der Waals surface area contributed by atoms with Crippen LogP contribution in [0.15, 0.2) is 35.1 Å². The van der Waals surface area contributed by atoms with Gasteiger partial charge in [0.05, 0.1) is 27.5 Å². The topological polar surface area (TPSA) is 171 Å². The number of aliphatic hydroxyl groups is 1. The average Bonchev–Trinajstić information content (AvgIpc) is 3.73. The van der Waals surface area contributed by atoms with Crippen molar-refractivity contribution in [1.29, 1.82) is 0 Å². The number of aryl methyl sites for hydroxylation is 1. The fourth-order valence-corrected chi connectivity index (χ4v) is 7.27. The molecule has 1 atom stereocenters. The quantitative estimate of drug-likeness (QED) is 0.283. The Hall–Kier alpha value is -5.03. The predicted octanol–water partition coefficient (Wildman–Crippen LogP) is 3.09. The van der Waals surface area contributed by atoms with Gasteiger partial charge in [0.15, 0.2) is 5.82 Å². The lowest BCUT2D eigenvalue weighted by Gasteiger charge is -2.52. The number of nitrogens with zero attached hydrogens (tertiary/aromatic N) is 7. The molecule has 1 aliphatic carbocycles. The molecule has 0 radical (unpaired) electrons. The van der Waals surface area contributed by atoms with E-state index in [4.69, 9.17) is 11.6 Å². The van der Waals surface area contributed by atoms with Crippen LogP contribution in [0.2, 0.25) is 5.02 Å². The summed E-state index contributed by atoms with van der Waals surface area (Å²) in [5.41, 5.74) is -0.513. The van der Waals surface area contributed by atoms with Crippen LogP contribution in [-0.2, 0) is 27.7 Å². The number of likely N-dealkylation sites (tertiary alicyclic amines) is 1. The van der Waals surface area contributed by atoms with Crippen LogP contribution >= 0.6 is 11.6 Å². The maximum absolute atomic E-state index is 14.1. The minimum atomic E-state index is -4.63. The zero-order chi connectivity index (χ0) is 35.7. The number of alkyl halides is 3. The summed E-state index contributed by atoms with van der Waals surface area (Å²) < 4.78 is 42.0. The molecule has 7 rings (SSSR count). The van der Waals surface area contributed by atoms with Crippen LogP contribution in [0.4, 0.5) is 18.9 Å². The van der Waals surface area contributed by atoms with Crippen molar-refractivity contribution in [1.82, 2.24) is 39.2 Å². The normalized spacial score (nSPS) is 18.5. The molecule has 3 aliphatic rings. The van der Waals surface area contributed by atoms with Crippen molar-refractivity contribution in [2.75, 3.05) is 31.5 Å². The standard InChI is InChI=1S/C32H31ClF3N9O5/c1-16-13-22(40-39-16)28(49)43-11-7-31(8-12-43)24-25(26(31)48)44(15-23(47)37-21-4-3-19(14-20(21)33)32(34,35)36)30-38-27(41-45(30)29(24)50)18-5-9-42(10-6-18)17(2)46/h3-5,13-14,26,48H,6-12,15H2,1-2H3,(H,37,47)(H,39,40). The van der Waals surface area contributed by atoms with Gasteiger partial charge in [-0.25, -0.2) is 0 Å². The third-order valence-electron chi connectivity index (χ3n) is 9.75. The van der Waals surface area contributed by atoms with Crippen molar-refractivity contribution >= 4 is 46.4 Å². The molecule has 1 fully saturated rings. The number of piperidine rings is 1. The summed E-state index contributed by atoms with van der Waals surface area (Å²) in [6.45, 7) is 3.96. The number of aromatic amines is 1. The van der Waals surface area contributed by atoms with Crippen LogP contribution in [0.5, 0.6) is 0 Å². The maximum Gasteiger partial charge on any atom is 0.416 e.